The molecule has 0 bridgehead atoms. The van der Waals surface area contributed by atoms with E-state index < -0.39 is 28.5 Å². The van der Waals surface area contributed by atoms with Gasteiger partial charge in [0.1, 0.15) is 18.3 Å². The Morgan fingerprint density at radius 1 is 0.975 bits per heavy atom. The van der Waals surface area contributed by atoms with Crippen molar-refractivity contribution in [2.45, 2.75) is 45.2 Å². The summed E-state index contributed by atoms with van der Waals surface area (Å²) in [6.07, 6.45) is 0. The molecule has 10 heteroatoms. The van der Waals surface area contributed by atoms with Gasteiger partial charge >= 0.3 is 0 Å². The van der Waals surface area contributed by atoms with Crippen LogP contribution in [0.25, 0.3) is 0 Å². The molecule has 0 heterocycles. The summed E-state index contributed by atoms with van der Waals surface area (Å²) in [4.78, 5) is 28.5. The molecule has 40 heavy (non-hydrogen) atoms. The molecule has 0 aromatic heterocycles. The average Bonchev–Trinajstić information content (AvgIpc) is 2.93. The van der Waals surface area contributed by atoms with Crippen LogP contribution in [0.3, 0.4) is 0 Å². The molecule has 3 rings (SSSR count). The molecule has 0 saturated carbocycles. The van der Waals surface area contributed by atoms with Crippen LogP contribution in [-0.4, -0.2) is 51.4 Å². The monoisotopic (exact) mass is 629 g/mol. The number of carbonyl (C=O) groups is 2. The Morgan fingerprint density at radius 2 is 1.62 bits per heavy atom. The van der Waals surface area contributed by atoms with Crippen LogP contribution < -0.4 is 14.4 Å². The van der Waals surface area contributed by atoms with Gasteiger partial charge in [-0.2, -0.15) is 0 Å². The van der Waals surface area contributed by atoms with Crippen molar-refractivity contribution in [3.8, 4) is 5.75 Å². The van der Waals surface area contributed by atoms with Gasteiger partial charge in [-0.25, -0.2) is 8.42 Å². The van der Waals surface area contributed by atoms with E-state index in [2.05, 4.69) is 21.2 Å². The van der Waals surface area contributed by atoms with Crippen molar-refractivity contribution in [1.29, 1.82) is 0 Å². The van der Waals surface area contributed by atoms with Gasteiger partial charge in [0.25, 0.3) is 10.0 Å². The lowest BCUT2D eigenvalue weighted by molar-refractivity contribution is -0.139. The summed E-state index contributed by atoms with van der Waals surface area (Å²) in [5.41, 5.74) is 1.98. The molecule has 1 N–H and O–H groups in total. The third kappa shape index (κ3) is 8.08. The number of benzene rings is 3. The van der Waals surface area contributed by atoms with E-state index in [1.807, 2.05) is 45.0 Å². The fourth-order valence-electron chi connectivity index (χ4n) is 3.95. The Hall–Kier alpha value is -3.37. The highest BCUT2D eigenvalue weighted by Gasteiger charge is 2.32. The van der Waals surface area contributed by atoms with E-state index in [0.717, 1.165) is 19.9 Å². The maximum atomic E-state index is 14.0. The number of methoxy groups -OCH3 is 1. The Morgan fingerprint density at radius 3 is 2.23 bits per heavy atom. The van der Waals surface area contributed by atoms with Crippen LogP contribution in [0.15, 0.2) is 82.2 Å². The lowest BCUT2D eigenvalue weighted by Gasteiger charge is -2.32. The lowest BCUT2D eigenvalue weighted by atomic mass is 10.1. The number of rotatable bonds is 12. The molecule has 2 amide bonds. The molecule has 0 aliphatic heterocycles. The van der Waals surface area contributed by atoms with E-state index in [9.17, 15) is 18.0 Å². The summed E-state index contributed by atoms with van der Waals surface area (Å²) in [6, 6.07) is 19.6. The number of hydrogen-bond donors (Lipinski definition) is 1. The van der Waals surface area contributed by atoms with E-state index in [4.69, 9.17) is 4.74 Å². The van der Waals surface area contributed by atoms with Crippen LogP contribution in [-0.2, 0) is 26.2 Å². The summed E-state index contributed by atoms with van der Waals surface area (Å²) in [6.45, 7) is 7.55. The molecule has 0 saturated heterocycles. The number of amides is 2. The van der Waals surface area contributed by atoms with Gasteiger partial charge in [-0.15, -0.1) is 0 Å². The third-order valence-corrected chi connectivity index (χ3v) is 8.66. The lowest BCUT2D eigenvalue weighted by Crippen LogP contribution is -2.51. The molecule has 3 aromatic rings. The highest BCUT2D eigenvalue weighted by atomic mass is 79.9. The summed E-state index contributed by atoms with van der Waals surface area (Å²) >= 11 is 3.42. The van der Waals surface area contributed by atoms with Gasteiger partial charge in [-0.05, 0) is 61.7 Å². The number of halogens is 1. The highest BCUT2D eigenvalue weighted by Crippen LogP contribution is 2.28. The van der Waals surface area contributed by atoms with Crippen molar-refractivity contribution in [1.82, 2.24) is 10.2 Å². The first-order valence-electron chi connectivity index (χ1n) is 13.0. The van der Waals surface area contributed by atoms with Crippen LogP contribution in [0.5, 0.6) is 5.75 Å². The zero-order chi connectivity index (χ0) is 29.4. The molecule has 0 radical (unpaired) electrons. The Bertz CT molecular complexity index is 1410. The van der Waals surface area contributed by atoms with Gasteiger partial charge < -0.3 is 15.0 Å². The standard InChI is InChI=1S/C30H36BrN3O5S/c1-21(2)18-32-30(36)23(4)33(19-24-11-13-25(31)14-12-24)29(35)20-34(26-7-6-8-27(17-26)39-5)40(37,38)28-15-9-22(3)10-16-28/h6-17,21,23H,18-20H2,1-5H3,(H,32,36). The first-order valence-corrected chi connectivity index (χ1v) is 15.2. The zero-order valence-electron chi connectivity index (χ0n) is 23.4. The quantitative estimate of drug-likeness (QED) is 0.299. The molecular weight excluding hydrogens is 594 g/mol. The molecule has 0 aliphatic carbocycles. The number of nitrogens with one attached hydrogen (secondary N) is 1. The minimum absolute atomic E-state index is 0.0518. The first kappa shape index (κ1) is 31.2. The van der Waals surface area contributed by atoms with Crippen molar-refractivity contribution in [3.05, 3.63) is 88.4 Å². The van der Waals surface area contributed by atoms with Crippen LogP contribution >= 0.6 is 15.9 Å². The summed E-state index contributed by atoms with van der Waals surface area (Å²) in [5.74, 6) is -0.153. The molecule has 0 spiro atoms. The van der Waals surface area contributed by atoms with Crippen molar-refractivity contribution in [3.63, 3.8) is 0 Å². The van der Waals surface area contributed by atoms with Gasteiger partial charge in [0.15, 0.2) is 0 Å². The van der Waals surface area contributed by atoms with Crippen molar-refractivity contribution >= 4 is 43.5 Å². The second kappa shape index (κ2) is 13.8. The van der Waals surface area contributed by atoms with Crippen LogP contribution in [0, 0.1) is 12.8 Å². The molecule has 1 unspecified atom stereocenters. The van der Waals surface area contributed by atoms with E-state index in [1.165, 1.54) is 24.1 Å². The zero-order valence-corrected chi connectivity index (χ0v) is 25.8. The number of nitrogens with zero attached hydrogens (tertiary/aromatic N) is 2. The predicted octanol–water partition coefficient (Wildman–Crippen LogP) is 5.15. The second-order valence-corrected chi connectivity index (χ2v) is 12.8. The molecule has 1 atom stereocenters. The minimum Gasteiger partial charge on any atom is -0.497 e. The molecule has 3 aromatic carbocycles. The largest absolute Gasteiger partial charge is 0.497 e. The molecular formula is C30H36BrN3O5S. The Balaban J connectivity index is 2.02. The molecule has 8 nitrogen and oxygen atoms in total. The van der Waals surface area contributed by atoms with Gasteiger partial charge in [-0.1, -0.05) is 65.7 Å². The number of anilines is 1. The van der Waals surface area contributed by atoms with Gasteiger partial charge in [0.2, 0.25) is 11.8 Å². The van der Waals surface area contributed by atoms with Crippen LogP contribution in [0.1, 0.15) is 31.9 Å². The SMILES string of the molecule is COc1cccc(N(CC(=O)N(Cc2ccc(Br)cc2)C(C)C(=O)NCC(C)C)S(=O)(=O)c2ccc(C)cc2)c1. The second-order valence-electron chi connectivity index (χ2n) is 9.99. The summed E-state index contributed by atoms with van der Waals surface area (Å²) in [7, 11) is -2.66. The third-order valence-electron chi connectivity index (χ3n) is 6.35. The Kier molecular flexibility index (Phi) is 10.8. The van der Waals surface area contributed by atoms with Gasteiger partial charge in [0, 0.05) is 23.6 Å². The highest BCUT2D eigenvalue weighted by molar-refractivity contribution is 9.10. The number of ether oxygens (including phenoxy) is 1. The number of hydrogen-bond acceptors (Lipinski definition) is 5. The topological polar surface area (TPSA) is 96.0 Å². The minimum atomic E-state index is -4.15. The summed E-state index contributed by atoms with van der Waals surface area (Å²) < 4.78 is 35.1. The Labute approximate surface area is 245 Å². The fraction of sp³-hybridized carbons (Fsp3) is 0.333. The van der Waals surface area contributed by atoms with Crippen molar-refractivity contribution in [2.24, 2.45) is 5.92 Å². The first-order chi connectivity index (χ1) is 18.9. The van der Waals surface area contributed by atoms with Gasteiger partial charge in [-0.3, -0.25) is 13.9 Å². The average molecular weight is 631 g/mol. The van der Waals surface area contributed by atoms with Crippen LogP contribution in [0.2, 0.25) is 0 Å². The normalized spacial score (nSPS) is 12.1. The predicted molar refractivity (Wildman–Crippen MR) is 161 cm³/mol. The van der Waals surface area contributed by atoms with E-state index in [1.54, 1.807) is 43.3 Å². The molecule has 0 aliphatic rings. The van der Waals surface area contributed by atoms with Crippen LogP contribution in [0.4, 0.5) is 5.69 Å². The van der Waals surface area contributed by atoms with Gasteiger partial charge in [0.05, 0.1) is 17.7 Å². The number of aryl methyl sites for hydroxylation is 1. The van der Waals surface area contributed by atoms with E-state index in [-0.39, 0.29) is 29.0 Å². The number of sulfonamides is 1. The smallest absolute Gasteiger partial charge is 0.264 e. The van der Waals surface area contributed by atoms with Crippen molar-refractivity contribution in [2.75, 3.05) is 24.5 Å². The molecule has 214 valence electrons. The van der Waals surface area contributed by atoms with Crippen molar-refractivity contribution < 1.29 is 22.7 Å². The summed E-state index contributed by atoms with van der Waals surface area (Å²) in [5, 5.41) is 2.88. The number of carbonyl (C=O) groups excluding carboxylic acids is 2. The fourth-order valence-corrected chi connectivity index (χ4v) is 5.62. The van der Waals surface area contributed by atoms with E-state index in [0.29, 0.717) is 12.3 Å². The maximum absolute atomic E-state index is 14.0. The van der Waals surface area contributed by atoms with E-state index >= 15 is 0 Å². The maximum Gasteiger partial charge on any atom is 0.264 e. The molecule has 0 fully saturated rings.